The Labute approximate surface area is 72.0 Å². The molecule has 2 bridgehead atoms. The maximum atomic E-state index is 2.51. The predicted molar refractivity (Wildman–Crippen MR) is 51.3 cm³/mol. The van der Waals surface area contributed by atoms with Crippen LogP contribution in [-0.2, 0) is 0 Å². The second kappa shape index (κ2) is 2.93. The first-order chi connectivity index (χ1) is 5.27. The summed E-state index contributed by atoms with van der Waals surface area (Å²) in [6.45, 7) is 5.02. The van der Waals surface area contributed by atoms with E-state index in [4.69, 9.17) is 0 Å². The summed E-state index contributed by atoms with van der Waals surface area (Å²) < 4.78 is 0. The van der Waals surface area contributed by atoms with Gasteiger partial charge in [-0.1, -0.05) is 38.8 Å². The van der Waals surface area contributed by atoms with Gasteiger partial charge in [-0.15, -0.1) is 0 Å². The zero-order valence-electron chi connectivity index (χ0n) is 7.77. The Balaban J connectivity index is 2.03. The van der Waals surface area contributed by atoms with Crippen LogP contribution in [0.3, 0.4) is 0 Å². The zero-order valence-corrected chi connectivity index (χ0v) is 8.77. The van der Waals surface area contributed by atoms with E-state index in [9.17, 15) is 0 Å². The number of hydrogen-bond acceptors (Lipinski definition) is 0. The quantitative estimate of drug-likeness (QED) is 0.526. The van der Waals surface area contributed by atoms with Gasteiger partial charge in [0, 0.05) is 8.80 Å². The summed E-state index contributed by atoms with van der Waals surface area (Å²) in [7, 11) is 0.0348. The maximum absolute atomic E-state index is 2.51. The van der Waals surface area contributed by atoms with E-state index in [0.29, 0.717) is 0 Å². The number of hydrogen-bond donors (Lipinski definition) is 0. The molecule has 0 aromatic rings. The lowest BCUT2D eigenvalue weighted by Gasteiger charge is -2.44. The normalized spacial score (nSPS) is 43.4. The highest BCUT2D eigenvalue weighted by Gasteiger charge is 2.36. The van der Waals surface area contributed by atoms with Gasteiger partial charge in [0.25, 0.3) is 0 Å². The molecule has 0 saturated heterocycles. The summed E-state index contributed by atoms with van der Waals surface area (Å²) in [6, 6.07) is 0. The summed E-state index contributed by atoms with van der Waals surface area (Å²) in [5, 5.41) is 0. The third-order valence-electron chi connectivity index (χ3n) is 3.79. The highest BCUT2D eigenvalue weighted by molar-refractivity contribution is 6.57. The smallest absolute Gasteiger partial charge is 0.0449 e. The highest BCUT2D eigenvalue weighted by atomic mass is 28.3. The van der Waals surface area contributed by atoms with Gasteiger partial charge in [0.15, 0.2) is 0 Å². The summed E-state index contributed by atoms with van der Waals surface area (Å²) in [4.78, 5) is 0. The predicted octanol–water partition coefficient (Wildman–Crippen LogP) is 3.32. The Morgan fingerprint density at radius 1 is 1.00 bits per heavy atom. The monoisotopic (exact) mass is 167 g/mol. The van der Waals surface area contributed by atoms with Crippen molar-refractivity contribution in [3.05, 3.63) is 0 Å². The summed E-state index contributed by atoms with van der Waals surface area (Å²) in [5.41, 5.74) is 1.19. The fourth-order valence-electron chi connectivity index (χ4n) is 3.08. The third-order valence-corrected chi connectivity index (χ3v) is 5.98. The van der Waals surface area contributed by atoms with Crippen molar-refractivity contribution in [2.24, 2.45) is 11.8 Å². The Morgan fingerprint density at radius 2 is 1.64 bits per heavy atom. The molecule has 0 aromatic heterocycles. The molecule has 0 heterocycles. The van der Waals surface area contributed by atoms with Crippen LogP contribution in [0.15, 0.2) is 0 Å². The highest BCUT2D eigenvalue weighted by Crippen LogP contribution is 2.49. The van der Waals surface area contributed by atoms with E-state index < -0.39 is 0 Å². The number of rotatable bonds is 1. The SMILES string of the molecule is C[Si](C)C1CC2CCC1CC2. The van der Waals surface area contributed by atoms with Crippen LogP contribution in [0.5, 0.6) is 0 Å². The van der Waals surface area contributed by atoms with Crippen molar-refractivity contribution in [1.29, 1.82) is 0 Å². The lowest BCUT2D eigenvalue weighted by atomic mass is 9.70. The van der Waals surface area contributed by atoms with Gasteiger partial charge in [0.2, 0.25) is 0 Å². The van der Waals surface area contributed by atoms with E-state index in [1.54, 1.807) is 32.1 Å². The van der Waals surface area contributed by atoms with Crippen LogP contribution >= 0.6 is 0 Å². The van der Waals surface area contributed by atoms with Crippen molar-refractivity contribution >= 4 is 8.80 Å². The molecule has 1 heteroatoms. The molecule has 0 aromatic carbocycles. The molecule has 3 fully saturated rings. The molecule has 0 N–H and O–H groups in total. The van der Waals surface area contributed by atoms with Crippen LogP contribution in [0.2, 0.25) is 18.6 Å². The third kappa shape index (κ3) is 1.40. The molecular weight excluding hydrogens is 148 g/mol. The van der Waals surface area contributed by atoms with Gasteiger partial charge < -0.3 is 0 Å². The van der Waals surface area contributed by atoms with Crippen LogP contribution in [-0.4, -0.2) is 8.80 Å². The Bertz CT molecular complexity index is 134. The molecule has 0 spiro atoms. The standard InChI is InChI=1S/C10H19Si/c1-11(2)10-7-8-3-5-9(10)6-4-8/h8-10H,3-7H2,1-2H3. The van der Waals surface area contributed by atoms with Gasteiger partial charge in [-0.2, -0.15) is 0 Å². The average Bonchev–Trinajstić information content (AvgIpc) is 2.06. The van der Waals surface area contributed by atoms with Gasteiger partial charge in [0.1, 0.15) is 0 Å². The number of fused-ring (bicyclic) bond motifs is 3. The molecule has 1 unspecified atom stereocenters. The van der Waals surface area contributed by atoms with Crippen molar-refractivity contribution in [2.75, 3.05) is 0 Å². The van der Waals surface area contributed by atoms with E-state index in [1.807, 2.05) is 0 Å². The second-order valence-electron chi connectivity index (χ2n) is 4.70. The largest absolute Gasteiger partial charge is 0.0711 e. The van der Waals surface area contributed by atoms with Crippen molar-refractivity contribution in [3.8, 4) is 0 Å². The topological polar surface area (TPSA) is 0 Å². The molecule has 11 heavy (non-hydrogen) atoms. The Kier molecular flexibility index (Phi) is 2.09. The zero-order chi connectivity index (χ0) is 7.84. The molecular formula is C10H19Si. The lowest BCUT2D eigenvalue weighted by Crippen LogP contribution is -2.33. The van der Waals surface area contributed by atoms with E-state index in [-0.39, 0.29) is 8.80 Å². The van der Waals surface area contributed by atoms with Crippen molar-refractivity contribution < 1.29 is 0 Å². The minimum Gasteiger partial charge on any atom is -0.0711 e. The van der Waals surface area contributed by atoms with Crippen LogP contribution in [0.25, 0.3) is 0 Å². The van der Waals surface area contributed by atoms with Crippen molar-refractivity contribution in [3.63, 3.8) is 0 Å². The lowest BCUT2D eigenvalue weighted by molar-refractivity contribution is 0.174. The molecule has 3 aliphatic carbocycles. The first-order valence-electron chi connectivity index (χ1n) is 5.07. The molecule has 0 nitrogen and oxygen atoms in total. The molecule has 63 valence electrons. The van der Waals surface area contributed by atoms with Gasteiger partial charge >= 0.3 is 0 Å². The molecule has 3 rings (SSSR count). The summed E-state index contributed by atoms with van der Waals surface area (Å²) in [5.74, 6) is 2.30. The first kappa shape index (κ1) is 7.84. The van der Waals surface area contributed by atoms with Crippen LogP contribution in [0, 0.1) is 11.8 Å². The first-order valence-corrected chi connectivity index (χ1v) is 7.65. The Hall–Kier alpha value is 0.217. The maximum Gasteiger partial charge on any atom is 0.0449 e. The fourth-order valence-corrected chi connectivity index (χ4v) is 5.17. The van der Waals surface area contributed by atoms with Crippen molar-refractivity contribution in [1.82, 2.24) is 0 Å². The average molecular weight is 167 g/mol. The summed E-state index contributed by atoms with van der Waals surface area (Å²) in [6.07, 6.45) is 7.88. The van der Waals surface area contributed by atoms with Crippen molar-refractivity contribution in [2.45, 2.75) is 50.7 Å². The van der Waals surface area contributed by atoms with Crippen LogP contribution in [0.1, 0.15) is 32.1 Å². The van der Waals surface area contributed by atoms with E-state index in [0.717, 1.165) is 11.8 Å². The second-order valence-corrected chi connectivity index (χ2v) is 7.60. The molecule has 3 saturated carbocycles. The van der Waals surface area contributed by atoms with E-state index >= 15 is 0 Å². The van der Waals surface area contributed by atoms with Gasteiger partial charge in [-0.3, -0.25) is 0 Å². The van der Waals surface area contributed by atoms with Crippen LogP contribution < -0.4 is 0 Å². The van der Waals surface area contributed by atoms with Gasteiger partial charge in [0.05, 0.1) is 0 Å². The molecule has 0 aliphatic heterocycles. The molecule has 1 radical (unpaired) electrons. The minimum atomic E-state index is 0.0348. The summed E-state index contributed by atoms with van der Waals surface area (Å²) >= 11 is 0. The molecule has 1 atom stereocenters. The molecule has 0 amide bonds. The van der Waals surface area contributed by atoms with E-state index in [2.05, 4.69) is 13.1 Å². The minimum absolute atomic E-state index is 0.0348. The van der Waals surface area contributed by atoms with E-state index in [1.165, 1.54) is 5.54 Å². The molecule has 3 aliphatic rings. The Morgan fingerprint density at radius 3 is 1.91 bits per heavy atom. The fraction of sp³-hybridized carbons (Fsp3) is 1.00. The van der Waals surface area contributed by atoms with Gasteiger partial charge in [-0.25, -0.2) is 0 Å². The van der Waals surface area contributed by atoms with Crippen LogP contribution in [0.4, 0.5) is 0 Å². The van der Waals surface area contributed by atoms with Gasteiger partial charge in [-0.05, 0) is 23.8 Å².